The largest absolute Gasteiger partial charge is 0.244 e. The summed E-state index contributed by atoms with van der Waals surface area (Å²) >= 11 is 0. The van der Waals surface area contributed by atoms with Crippen LogP contribution in [0, 0.1) is 0 Å². The van der Waals surface area contributed by atoms with Crippen LogP contribution in [0.15, 0.2) is 0 Å². The molecule has 72 valence electrons. The Balaban J connectivity index is 2.26. The van der Waals surface area contributed by atoms with Crippen molar-refractivity contribution < 1.29 is 8.78 Å². The van der Waals surface area contributed by atoms with Crippen LogP contribution in [0.3, 0.4) is 0 Å². The van der Waals surface area contributed by atoms with Crippen molar-refractivity contribution in [2.45, 2.75) is 63.7 Å². The third kappa shape index (κ3) is 3.51. The molecule has 0 saturated heterocycles. The van der Waals surface area contributed by atoms with E-state index >= 15 is 0 Å². The molecule has 0 aromatic heterocycles. The van der Waals surface area contributed by atoms with E-state index in [9.17, 15) is 8.78 Å². The molecule has 0 aliphatic heterocycles. The molecule has 0 amide bonds. The fourth-order valence-electron chi connectivity index (χ4n) is 1.75. The summed E-state index contributed by atoms with van der Waals surface area (Å²) in [5.74, 6) is 0. The van der Waals surface area contributed by atoms with E-state index in [4.69, 9.17) is 0 Å². The van der Waals surface area contributed by atoms with Crippen molar-refractivity contribution in [3.63, 3.8) is 0 Å². The highest BCUT2D eigenvalue weighted by Gasteiger charge is 2.19. The minimum atomic E-state index is -1.19. The van der Waals surface area contributed by atoms with Gasteiger partial charge in [0.15, 0.2) is 0 Å². The highest BCUT2D eigenvalue weighted by molar-refractivity contribution is 4.69. The summed E-state index contributed by atoms with van der Waals surface area (Å²) in [6.45, 7) is 0. The van der Waals surface area contributed by atoms with E-state index in [1.165, 1.54) is 12.8 Å². The van der Waals surface area contributed by atoms with E-state index in [0.717, 1.165) is 25.7 Å². The minimum Gasteiger partial charge on any atom is -0.244 e. The predicted octanol–water partition coefficient (Wildman–Crippen LogP) is 3.80. The molecule has 2 atom stereocenters. The third-order valence-electron chi connectivity index (χ3n) is 2.60. The molecule has 1 aliphatic rings. The van der Waals surface area contributed by atoms with Crippen LogP contribution in [-0.4, -0.2) is 12.3 Å². The second-order valence-corrected chi connectivity index (χ2v) is 3.73. The molecule has 2 heteroatoms. The maximum atomic E-state index is 13.0. The molecule has 0 nitrogen and oxygen atoms in total. The van der Waals surface area contributed by atoms with Gasteiger partial charge in [0.1, 0.15) is 12.3 Å². The molecular formula is C10H18F2. The van der Waals surface area contributed by atoms with Crippen LogP contribution in [-0.2, 0) is 0 Å². The van der Waals surface area contributed by atoms with Gasteiger partial charge >= 0.3 is 0 Å². The van der Waals surface area contributed by atoms with Gasteiger partial charge in [-0.1, -0.05) is 38.5 Å². The highest BCUT2D eigenvalue weighted by atomic mass is 19.2. The number of halogens is 2. The van der Waals surface area contributed by atoms with E-state index in [0.29, 0.717) is 12.8 Å². The number of rotatable bonds is 0. The smallest absolute Gasteiger partial charge is 0.131 e. The first kappa shape index (κ1) is 9.94. The van der Waals surface area contributed by atoms with Crippen molar-refractivity contribution in [3.05, 3.63) is 0 Å². The van der Waals surface area contributed by atoms with Crippen LogP contribution in [0.2, 0.25) is 0 Å². The van der Waals surface area contributed by atoms with Gasteiger partial charge in [0.25, 0.3) is 0 Å². The molecule has 12 heavy (non-hydrogen) atoms. The lowest BCUT2D eigenvalue weighted by Gasteiger charge is -2.15. The Labute approximate surface area is 73.3 Å². The first-order chi connectivity index (χ1) is 5.80. The first-order valence-corrected chi connectivity index (χ1v) is 5.09. The summed E-state index contributed by atoms with van der Waals surface area (Å²) < 4.78 is 25.9. The van der Waals surface area contributed by atoms with Crippen LogP contribution < -0.4 is 0 Å². The van der Waals surface area contributed by atoms with E-state index in [1.54, 1.807) is 0 Å². The molecule has 2 unspecified atom stereocenters. The Morgan fingerprint density at radius 2 is 0.917 bits per heavy atom. The van der Waals surface area contributed by atoms with Gasteiger partial charge in [0.05, 0.1) is 0 Å². The van der Waals surface area contributed by atoms with Gasteiger partial charge in [0.2, 0.25) is 0 Å². The second-order valence-electron chi connectivity index (χ2n) is 3.73. The average Bonchev–Trinajstić information content (AvgIpc) is 2.08. The van der Waals surface area contributed by atoms with E-state index < -0.39 is 12.3 Å². The fourth-order valence-corrected chi connectivity index (χ4v) is 1.75. The van der Waals surface area contributed by atoms with E-state index in [-0.39, 0.29) is 0 Å². The molecular weight excluding hydrogens is 158 g/mol. The van der Waals surface area contributed by atoms with Crippen LogP contribution in [0.1, 0.15) is 51.4 Å². The molecule has 1 rings (SSSR count). The van der Waals surface area contributed by atoms with Crippen molar-refractivity contribution in [1.82, 2.24) is 0 Å². The minimum absolute atomic E-state index is 0.432. The third-order valence-corrected chi connectivity index (χ3v) is 2.60. The Morgan fingerprint density at radius 1 is 0.583 bits per heavy atom. The molecule has 1 saturated carbocycles. The summed E-state index contributed by atoms with van der Waals surface area (Å²) in [6.07, 6.45) is 4.75. The second kappa shape index (κ2) is 5.50. The van der Waals surface area contributed by atoms with Crippen molar-refractivity contribution >= 4 is 0 Å². The van der Waals surface area contributed by atoms with Crippen LogP contribution >= 0.6 is 0 Å². The van der Waals surface area contributed by atoms with E-state index in [2.05, 4.69) is 0 Å². The molecule has 0 heterocycles. The molecule has 1 fully saturated rings. The molecule has 0 aromatic carbocycles. The summed E-state index contributed by atoms with van der Waals surface area (Å²) in [5.41, 5.74) is 0. The summed E-state index contributed by atoms with van der Waals surface area (Å²) in [5, 5.41) is 0. The zero-order valence-electron chi connectivity index (χ0n) is 7.57. The molecule has 0 aromatic rings. The molecule has 1 aliphatic carbocycles. The monoisotopic (exact) mass is 176 g/mol. The number of hydrogen-bond acceptors (Lipinski definition) is 0. The van der Waals surface area contributed by atoms with Gasteiger partial charge < -0.3 is 0 Å². The summed E-state index contributed by atoms with van der Waals surface area (Å²) in [4.78, 5) is 0. The first-order valence-electron chi connectivity index (χ1n) is 5.09. The van der Waals surface area contributed by atoms with Crippen LogP contribution in [0.4, 0.5) is 8.78 Å². The maximum Gasteiger partial charge on any atom is 0.131 e. The SMILES string of the molecule is FC1CCCCCCCCC1F. The molecule has 0 spiro atoms. The van der Waals surface area contributed by atoms with Gasteiger partial charge in [-0.2, -0.15) is 0 Å². The van der Waals surface area contributed by atoms with Gasteiger partial charge in [-0.3, -0.25) is 0 Å². The van der Waals surface area contributed by atoms with Crippen molar-refractivity contribution in [3.8, 4) is 0 Å². The lowest BCUT2D eigenvalue weighted by molar-refractivity contribution is 0.141. The Morgan fingerprint density at radius 3 is 1.33 bits per heavy atom. The topological polar surface area (TPSA) is 0 Å². The Hall–Kier alpha value is -0.140. The van der Waals surface area contributed by atoms with Crippen LogP contribution in [0.5, 0.6) is 0 Å². The summed E-state index contributed by atoms with van der Waals surface area (Å²) in [7, 11) is 0. The van der Waals surface area contributed by atoms with Gasteiger partial charge in [-0.15, -0.1) is 0 Å². The fraction of sp³-hybridized carbons (Fsp3) is 1.00. The maximum absolute atomic E-state index is 13.0. The predicted molar refractivity (Wildman–Crippen MR) is 46.7 cm³/mol. The summed E-state index contributed by atoms with van der Waals surface area (Å²) in [6, 6.07) is 0. The highest BCUT2D eigenvalue weighted by Crippen LogP contribution is 2.21. The zero-order valence-corrected chi connectivity index (χ0v) is 7.57. The van der Waals surface area contributed by atoms with Gasteiger partial charge in [-0.25, -0.2) is 8.78 Å². The zero-order chi connectivity index (χ0) is 8.81. The normalized spacial score (nSPS) is 34.5. The number of alkyl halides is 2. The van der Waals surface area contributed by atoms with E-state index in [1.807, 2.05) is 0 Å². The van der Waals surface area contributed by atoms with Gasteiger partial charge in [-0.05, 0) is 12.8 Å². The Bertz CT molecular complexity index is 100. The Kier molecular flexibility index (Phi) is 4.55. The van der Waals surface area contributed by atoms with Crippen molar-refractivity contribution in [2.24, 2.45) is 0 Å². The molecule has 0 bridgehead atoms. The molecule has 0 radical (unpaired) electrons. The quantitative estimate of drug-likeness (QED) is 0.526. The van der Waals surface area contributed by atoms with Gasteiger partial charge in [0, 0.05) is 0 Å². The lowest BCUT2D eigenvalue weighted by Crippen LogP contribution is -2.17. The standard InChI is InChI=1S/C10H18F2/c11-9-7-5-3-1-2-4-6-8-10(9)12/h9-10H,1-8H2. The van der Waals surface area contributed by atoms with Crippen molar-refractivity contribution in [1.29, 1.82) is 0 Å². The number of hydrogen-bond donors (Lipinski definition) is 0. The lowest BCUT2D eigenvalue weighted by atomic mass is 9.99. The van der Waals surface area contributed by atoms with Crippen molar-refractivity contribution in [2.75, 3.05) is 0 Å². The van der Waals surface area contributed by atoms with Crippen LogP contribution in [0.25, 0.3) is 0 Å². The molecule has 0 N–H and O–H groups in total. The average molecular weight is 176 g/mol.